The molecule has 1 aliphatic heterocycles. The summed E-state index contributed by atoms with van der Waals surface area (Å²) in [5.41, 5.74) is 10.7. The van der Waals surface area contributed by atoms with Gasteiger partial charge < -0.3 is 9.47 Å². The molecule has 0 radical (unpaired) electrons. The van der Waals surface area contributed by atoms with Crippen LogP contribution in [0.5, 0.6) is 0 Å². The molecular formula is C47H25N5. The molecule has 0 N–H and O–H groups in total. The highest BCUT2D eigenvalue weighted by atomic mass is 15.2. The van der Waals surface area contributed by atoms with Crippen LogP contribution in [0.3, 0.4) is 0 Å². The van der Waals surface area contributed by atoms with Gasteiger partial charge in [0.05, 0.1) is 61.8 Å². The van der Waals surface area contributed by atoms with Crippen LogP contribution in [-0.4, -0.2) is 14.5 Å². The van der Waals surface area contributed by atoms with Crippen LogP contribution in [0.2, 0.25) is 0 Å². The largest absolute Gasteiger partial charge is 0.306 e. The van der Waals surface area contributed by atoms with Crippen LogP contribution in [0.4, 0.5) is 17.1 Å². The van der Waals surface area contributed by atoms with Crippen molar-refractivity contribution < 1.29 is 0 Å². The van der Waals surface area contributed by atoms with Crippen molar-refractivity contribution in [3.63, 3.8) is 0 Å². The predicted octanol–water partition coefficient (Wildman–Crippen LogP) is 12.1. The molecule has 0 fully saturated rings. The van der Waals surface area contributed by atoms with E-state index in [4.69, 9.17) is 9.97 Å². The van der Waals surface area contributed by atoms with Gasteiger partial charge in [0.2, 0.25) is 0 Å². The summed E-state index contributed by atoms with van der Waals surface area (Å²) >= 11 is 0. The van der Waals surface area contributed by atoms with Gasteiger partial charge in [-0.15, -0.1) is 0 Å². The molecule has 0 unspecified atom stereocenters. The fraction of sp³-hybridized carbons (Fsp3) is 0. The zero-order valence-corrected chi connectivity index (χ0v) is 27.7. The number of anilines is 3. The quantitative estimate of drug-likeness (QED) is 0.130. The molecule has 0 spiro atoms. The van der Waals surface area contributed by atoms with Gasteiger partial charge in [0.1, 0.15) is 0 Å². The van der Waals surface area contributed by atoms with E-state index in [0.29, 0.717) is 5.56 Å². The van der Waals surface area contributed by atoms with Crippen molar-refractivity contribution in [1.82, 2.24) is 14.5 Å². The molecule has 0 saturated carbocycles. The molecule has 2 aromatic heterocycles. The van der Waals surface area contributed by atoms with Gasteiger partial charge in [-0.2, -0.15) is 5.26 Å². The molecule has 11 aromatic rings. The number of benzene rings is 9. The smallest absolute Gasteiger partial charge is 0.0992 e. The summed E-state index contributed by atoms with van der Waals surface area (Å²) in [5.74, 6) is 0. The van der Waals surface area contributed by atoms with E-state index in [1.165, 1.54) is 21.5 Å². The normalized spacial score (nSPS) is 12.6. The summed E-state index contributed by atoms with van der Waals surface area (Å²) in [6, 6.07) is 55.8. The Morgan fingerprint density at radius 3 is 1.58 bits per heavy atom. The summed E-state index contributed by atoms with van der Waals surface area (Å²) in [6.07, 6.45) is 0. The third kappa shape index (κ3) is 3.45. The number of aromatic nitrogens is 3. The lowest BCUT2D eigenvalue weighted by molar-refractivity contribution is 1.11. The molecule has 3 heterocycles. The minimum absolute atomic E-state index is 0.620. The standard InChI is InChI=1S/C47H25N5/c48-26-27-20-23-40-42(24-27)51(41-19-9-17-37-32-13-7-8-18-39(32)52(40)47(37)41)28-21-22-36-38(25-28)31-12-3-6-16-35(31)45-46(36)50-44-34-15-5-2-11-30(34)29-10-1-4-14-33(29)43(44)49-45/h1-25H. The highest BCUT2D eigenvalue weighted by Crippen LogP contribution is 2.50. The second-order valence-corrected chi connectivity index (χ2v) is 13.7. The maximum absolute atomic E-state index is 10.0. The van der Waals surface area contributed by atoms with Gasteiger partial charge in [-0.05, 0) is 64.0 Å². The molecule has 5 nitrogen and oxygen atoms in total. The molecular weight excluding hydrogens is 635 g/mol. The van der Waals surface area contributed by atoms with E-state index < -0.39 is 0 Å². The van der Waals surface area contributed by atoms with Crippen molar-refractivity contribution in [1.29, 1.82) is 5.26 Å². The minimum Gasteiger partial charge on any atom is -0.306 e. The SMILES string of the molecule is N#Cc1ccc2c(c1)N(c1ccc3c(c1)c1ccccc1c1nc4c5ccccc5c5ccccc5c4nc31)c1cccc3c4ccccc4n-2c13. The van der Waals surface area contributed by atoms with Crippen molar-refractivity contribution in [2.45, 2.75) is 0 Å². The van der Waals surface area contributed by atoms with Crippen LogP contribution in [0.1, 0.15) is 5.56 Å². The number of nitrogens with zero attached hydrogens (tertiary/aromatic N) is 5. The fourth-order valence-corrected chi connectivity index (χ4v) is 8.86. The first kappa shape index (κ1) is 27.5. The second-order valence-electron chi connectivity index (χ2n) is 13.7. The first-order valence-corrected chi connectivity index (χ1v) is 17.5. The summed E-state index contributed by atoms with van der Waals surface area (Å²) in [5, 5.41) is 21.4. The molecule has 9 aromatic carbocycles. The molecule has 0 bridgehead atoms. The van der Waals surface area contributed by atoms with Gasteiger partial charge in [-0.25, -0.2) is 9.97 Å². The third-order valence-electron chi connectivity index (χ3n) is 11.0. The number of nitriles is 1. The molecule has 1 aliphatic rings. The number of hydrogen-bond donors (Lipinski definition) is 0. The topological polar surface area (TPSA) is 57.7 Å². The lowest BCUT2D eigenvalue weighted by Gasteiger charge is -2.33. The van der Waals surface area contributed by atoms with Gasteiger partial charge >= 0.3 is 0 Å². The van der Waals surface area contributed by atoms with Gasteiger partial charge in [0.15, 0.2) is 0 Å². The van der Waals surface area contributed by atoms with E-state index in [0.717, 1.165) is 88.2 Å². The minimum atomic E-state index is 0.620. The van der Waals surface area contributed by atoms with Crippen LogP contribution in [-0.2, 0) is 0 Å². The Bertz CT molecular complexity index is 3440. The fourth-order valence-electron chi connectivity index (χ4n) is 8.86. The van der Waals surface area contributed by atoms with Crippen LogP contribution in [0, 0.1) is 11.3 Å². The van der Waals surface area contributed by atoms with Crippen LogP contribution in [0.25, 0.3) is 92.6 Å². The van der Waals surface area contributed by atoms with E-state index >= 15 is 0 Å². The number of fused-ring (bicyclic) bond motifs is 17. The van der Waals surface area contributed by atoms with Gasteiger partial charge in [0, 0.05) is 38.0 Å². The first-order valence-electron chi connectivity index (χ1n) is 17.5. The Morgan fingerprint density at radius 2 is 0.942 bits per heavy atom. The Kier molecular flexibility index (Phi) is 5.24. The molecule has 0 atom stereocenters. The maximum Gasteiger partial charge on any atom is 0.0992 e. The Labute approximate surface area is 296 Å². The van der Waals surface area contributed by atoms with Crippen LogP contribution >= 0.6 is 0 Å². The molecule has 238 valence electrons. The summed E-state index contributed by atoms with van der Waals surface area (Å²) in [4.78, 5) is 13.3. The lowest BCUT2D eigenvalue weighted by Crippen LogP contribution is -2.18. The molecule has 0 saturated heterocycles. The number of para-hydroxylation sites is 2. The van der Waals surface area contributed by atoms with Crippen molar-refractivity contribution >= 4 is 104 Å². The average molecular weight is 660 g/mol. The van der Waals surface area contributed by atoms with E-state index in [9.17, 15) is 5.26 Å². The zero-order chi connectivity index (χ0) is 34.1. The Balaban J connectivity index is 1.20. The summed E-state index contributed by atoms with van der Waals surface area (Å²) < 4.78 is 2.35. The van der Waals surface area contributed by atoms with E-state index in [1.54, 1.807) is 0 Å². The first-order chi connectivity index (χ1) is 25.8. The number of hydrogen-bond acceptors (Lipinski definition) is 4. The summed E-state index contributed by atoms with van der Waals surface area (Å²) in [6.45, 7) is 0. The van der Waals surface area contributed by atoms with Crippen molar-refractivity contribution in [3.8, 4) is 11.8 Å². The van der Waals surface area contributed by atoms with Gasteiger partial charge in [-0.1, -0.05) is 109 Å². The molecule has 52 heavy (non-hydrogen) atoms. The van der Waals surface area contributed by atoms with Gasteiger partial charge in [-0.3, -0.25) is 0 Å². The number of rotatable bonds is 1. The van der Waals surface area contributed by atoms with E-state index in [1.807, 2.05) is 12.1 Å². The van der Waals surface area contributed by atoms with Crippen molar-refractivity contribution in [3.05, 3.63) is 157 Å². The Morgan fingerprint density at radius 1 is 0.404 bits per heavy atom. The molecule has 5 heteroatoms. The van der Waals surface area contributed by atoms with Crippen molar-refractivity contribution in [2.24, 2.45) is 0 Å². The lowest BCUT2D eigenvalue weighted by atomic mass is 9.96. The zero-order valence-electron chi connectivity index (χ0n) is 27.7. The third-order valence-corrected chi connectivity index (χ3v) is 11.0. The highest BCUT2D eigenvalue weighted by Gasteiger charge is 2.29. The predicted molar refractivity (Wildman–Crippen MR) is 214 cm³/mol. The molecule has 0 aliphatic carbocycles. The highest BCUT2D eigenvalue weighted by molar-refractivity contribution is 6.29. The summed E-state index contributed by atoms with van der Waals surface area (Å²) in [7, 11) is 0. The second kappa shape index (κ2) is 9.91. The average Bonchev–Trinajstić information content (AvgIpc) is 3.56. The van der Waals surface area contributed by atoms with Crippen LogP contribution < -0.4 is 4.90 Å². The van der Waals surface area contributed by atoms with E-state index in [-0.39, 0.29) is 0 Å². The monoisotopic (exact) mass is 659 g/mol. The maximum atomic E-state index is 10.0. The van der Waals surface area contributed by atoms with Crippen molar-refractivity contribution in [2.75, 3.05) is 4.90 Å². The molecule has 12 rings (SSSR count). The van der Waals surface area contributed by atoms with E-state index in [2.05, 4.69) is 155 Å². The van der Waals surface area contributed by atoms with Crippen LogP contribution in [0.15, 0.2) is 152 Å². The van der Waals surface area contributed by atoms with Gasteiger partial charge in [0.25, 0.3) is 0 Å². The molecule has 0 amide bonds. The Hall–Kier alpha value is -7.29.